The highest BCUT2D eigenvalue weighted by Crippen LogP contribution is 2.17. The van der Waals surface area contributed by atoms with Crippen LogP contribution in [-0.2, 0) is 4.79 Å². The van der Waals surface area contributed by atoms with E-state index in [0.29, 0.717) is 10.9 Å². The molecule has 3 rings (SSSR count). The molecule has 0 saturated carbocycles. The van der Waals surface area contributed by atoms with Crippen LogP contribution < -0.4 is 16.6 Å². The molecule has 0 aliphatic heterocycles. The van der Waals surface area contributed by atoms with Crippen LogP contribution >= 0.6 is 0 Å². The van der Waals surface area contributed by atoms with Gasteiger partial charge in [-0.3, -0.25) is 18.7 Å². The Bertz CT molecular complexity index is 1110. The Morgan fingerprint density at radius 2 is 1.46 bits per heavy atom. The van der Waals surface area contributed by atoms with Crippen molar-refractivity contribution in [3.05, 3.63) is 81.0 Å². The van der Waals surface area contributed by atoms with E-state index in [0.717, 1.165) is 5.56 Å². The third-order valence-corrected chi connectivity index (χ3v) is 4.97. The topological polar surface area (TPSA) is 73.1 Å². The number of benzene rings is 2. The number of para-hydroxylation sites is 1. The summed E-state index contributed by atoms with van der Waals surface area (Å²) in [6.45, 7) is 7.14. The molecule has 0 saturated heterocycles. The van der Waals surface area contributed by atoms with Crippen LogP contribution in [0.5, 0.6) is 0 Å². The summed E-state index contributed by atoms with van der Waals surface area (Å²) in [4.78, 5) is 38.8. The lowest BCUT2D eigenvalue weighted by Gasteiger charge is -2.22. The Hall–Kier alpha value is -3.15. The molecule has 1 aromatic heterocycles. The molecule has 0 aliphatic carbocycles. The van der Waals surface area contributed by atoms with Crippen LogP contribution in [0.2, 0.25) is 0 Å². The highest BCUT2D eigenvalue weighted by Gasteiger charge is 2.24. The SMILES string of the molecule is CC(NC(=O)C(C)n1c(=O)n(C(C)C)c(=O)c2ccccc21)c1ccccc1. The van der Waals surface area contributed by atoms with Gasteiger partial charge in [-0.15, -0.1) is 0 Å². The summed E-state index contributed by atoms with van der Waals surface area (Å²) in [5.74, 6) is -0.280. The molecule has 6 nitrogen and oxygen atoms in total. The fourth-order valence-corrected chi connectivity index (χ4v) is 3.41. The molecule has 2 unspecified atom stereocenters. The number of hydrogen-bond donors (Lipinski definition) is 1. The smallest absolute Gasteiger partial charge is 0.332 e. The molecule has 3 aromatic rings. The van der Waals surface area contributed by atoms with E-state index in [1.165, 1.54) is 9.13 Å². The summed E-state index contributed by atoms with van der Waals surface area (Å²) in [5.41, 5.74) is 0.627. The van der Waals surface area contributed by atoms with Crippen molar-refractivity contribution in [1.29, 1.82) is 0 Å². The molecule has 2 atom stereocenters. The lowest BCUT2D eigenvalue weighted by molar-refractivity contribution is -0.124. The van der Waals surface area contributed by atoms with E-state index in [-0.39, 0.29) is 23.6 Å². The second-order valence-corrected chi connectivity index (χ2v) is 7.26. The van der Waals surface area contributed by atoms with Crippen LogP contribution in [0, 0.1) is 0 Å². The van der Waals surface area contributed by atoms with Crippen LogP contribution in [0.25, 0.3) is 10.9 Å². The Morgan fingerprint density at radius 3 is 2.11 bits per heavy atom. The average molecular weight is 379 g/mol. The lowest BCUT2D eigenvalue weighted by atomic mass is 10.1. The molecular formula is C22H25N3O3. The first-order chi connectivity index (χ1) is 13.3. The molecule has 28 heavy (non-hydrogen) atoms. The normalized spacial score (nSPS) is 13.5. The number of nitrogens with zero attached hydrogens (tertiary/aromatic N) is 2. The summed E-state index contributed by atoms with van der Waals surface area (Å²) in [5, 5.41) is 3.39. The Morgan fingerprint density at radius 1 is 0.857 bits per heavy atom. The molecule has 1 amide bonds. The minimum atomic E-state index is -0.769. The molecule has 0 radical (unpaired) electrons. The average Bonchev–Trinajstić information content (AvgIpc) is 2.68. The zero-order valence-electron chi connectivity index (χ0n) is 16.5. The van der Waals surface area contributed by atoms with Crippen LogP contribution in [0.15, 0.2) is 64.2 Å². The first kappa shape index (κ1) is 19.6. The fourth-order valence-electron chi connectivity index (χ4n) is 3.41. The van der Waals surface area contributed by atoms with Gasteiger partial charge in [-0.1, -0.05) is 42.5 Å². The third-order valence-electron chi connectivity index (χ3n) is 4.97. The maximum atomic E-state index is 13.1. The summed E-state index contributed by atoms with van der Waals surface area (Å²) in [6.07, 6.45) is 0. The zero-order chi connectivity index (χ0) is 20.4. The van der Waals surface area contributed by atoms with E-state index in [1.807, 2.05) is 37.3 Å². The third kappa shape index (κ3) is 3.50. The molecule has 1 heterocycles. The van der Waals surface area contributed by atoms with E-state index in [2.05, 4.69) is 5.32 Å². The number of carbonyl (C=O) groups excluding carboxylic acids is 1. The number of carbonyl (C=O) groups is 1. The standard InChI is InChI=1S/C22H25N3O3/c1-14(2)24-21(27)18-12-8-9-13-19(18)25(22(24)28)16(4)20(26)23-15(3)17-10-6-5-7-11-17/h5-16H,1-4H3,(H,23,26). The van der Waals surface area contributed by atoms with E-state index < -0.39 is 11.7 Å². The van der Waals surface area contributed by atoms with Crippen molar-refractivity contribution in [3.63, 3.8) is 0 Å². The zero-order valence-corrected chi connectivity index (χ0v) is 16.5. The maximum Gasteiger partial charge on any atom is 0.332 e. The van der Waals surface area contributed by atoms with Gasteiger partial charge >= 0.3 is 5.69 Å². The summed E-state index contributed by atoms with van der Waals surface area (Å²) < 4.78 is 2.61. The highest BCUT2D eigenvalue weighted by atomic mass is 16.2. The predicted molar refractivity (Wildman–Crippen MR) is 111 cm³/mol. The number of hydrogen-bond acceptors (Lipinski definition) is 3. The van der Waals surface area contributed by atoms with Crippen molar-refractivity contribution in [3.8, 4) is 0 Å². The van der Waals surface area contributed by atoms with Gasteiger partial charge in [-0.25, -0.2) is 4.79 Å². The summed E-state index contributed by atoms with van der Waals surface area (Å²) >= 11 is 0. The van der Waals surface area contributed by atoms with Crippen molar-refractivity contribution in [1.82, 2.24) is 14.5 Å². The van der Waals surface area contributed by atoms with Crippen molar-refractivity contribution >= 4 is 16.8 Å². The van der Waals surface area contributed by atoms with Crippen molar-refractivity contribution in [2.45, 2.75) is 45.8 Å². The van der Waals surface area contributed by atoms with Gasteiger partial charge in [0.05, 0.1) is 16.9 Å². The van der Waals surface area contributed by atoms with Gasteiger partial charge in [0, 0.05) is 6.04 Å². The minimum absolute atomic E-state index is 0.200. The molecule has 0 bridgehead atoms. The van der Waals surface area contributed by atoms with E-state index in [1.54, 1.807) is 45.0 Å². The van der Waals surface area contributed by atoms with Crippen molar-refractivity contribution in [2.24, 2.45) is 0 Å². The molecule has 0 aliphatic rings. The minimum Gasteiger partial charge on any atom is -0.348 e. The van der Waals surface area contributed by atoms with E-state index in [4.69, 9.17) is 0 Å². The lowest BCUT2D eigenvalue weighted by Crippen LogP contribution is -2.45. The molecule has 6 heteroatoms. The number of fused-ring (bicyclic) bond motifs is 1. The van der Waals surface area contributed by atoms with Crippen molar-refractivity contribution < 1.29 is 4.79 Å². The van der Waals surface area contributed by atoms with E-state index in [9.17, 15) is 14.4 Å². The van der Waals surface area contributed by atoms with Gasteiger partial charge in [-0.05, 0) is 45.4 Å². The first-order valence-corrected chi connectivity index (χ1v) is 9.44. The summed E-state index contributed by atoms with van der Waals surface area (Å²) in [6, 6.07) is 15.2. The molecular weight excluding hydrogens is 354 g/mol. The largest absolute Gasteiger partial charge is 0.348 e. The number of amides is 1. The second-order valence-electron chi connectivity index (χ2n) is 7.26. The maximum absolute atomic E-state index is 13.1. The number of nitrogens with one attached hydrogen (secondary N) is 1. The van der Waals surface area contributed by atoms with Crippen LogP contribution in [0.1, 0.15) is 51.4 Å². The number of aromatic nitrogens is 2. The first-order valence-electron chi connectivity index (χ1n) is 9.44. The van der Waals surface area contributed by atoms with Crippen LogP contribution in [0.3, 0.4) is 0 Å². The van der Waals surface area contributed by atoms with Crippen LogP contribution in [-0.4, -0.2) is 15.0 Å². The van der Waals surface area contributed by atoms with Gasteiger partial charge in [0.2, 0.25) is 5.91 Å². The highest BCUT2D eigenvalue weighted by molar-refractivity contribution is 5.84. The Labute approximate surface area is 163 Å². The van der Waals surface area contributed by atoms with Gasteiger partial charge in [-0.2, -0.15) is 0 Å². The number of rotatable bonds is 5. The second kappa shape index (κ2) is 7.84. The molecule has 0 spiro atoms. The predicted octanol–water partition coefficient (Wildman–Crippen LogP) is 3.18. The van der Waals surface area contributed by atoms with E-state index >= 15 is 0 Å². The molecule has 146 valence electrons. The summed E-state index contributed by atoms with van der Waals surface area (Å²) in [7, 11) is 0. The monoisotopic (exact) mass is 379 g/mol. The Kier molecular flexibility index (Phi) is 5.49. The fraction of sp³-hybridized carbons (Fsp3) is 0.318. The quantitative estimate of drug-likeness (QED) is 0.740. The molecule has 2 aromatic carbocycles. The van der Waals surface area contributed by atoms with Crippen molar-refractivity contribution in [2.75, 3.05) is 0 Å². The van der Waals surface area contributed by atoms with Gasteiger partial charge in [0.1, 0.15) is 6.04 Å². The molecule has 0 fully saturated rings. The van der Waals surface area contributed by atoms with Crippen LogP contribution in [0.4, 0.5) is 0 Å². The van der Waals surface area contributed by atoms with Gasteiger partial charge in [0.25, 0.3) is 5.56 Å². The van der Waals surface area contributed by atoms with Gasteiger partial charge < -0.3 is 5.32 Å². The Balaban J connectivity index is 2.06. The molecule has 1 N–H and O–H groups in total. The van der Waals surface area contributed by atoms with Gasteiger partial charge in [0.15, 0.2) is 0 Å².